The molecule has 1 heterocycles. The Kier molecular flexibility index (Phi) is 8.90. The van der Waals surface area contributed by atoms with Gasteiger partial charge >= 0.3 is 11.9 Å². The summed E-state index contributed by atoms with van der Waals surface area (Å²) in [6, 6.07) is 12.9. The van der Waals surface area contributed by atoms with Crippen LogP contribution in [0.15, 0.2) is 42.5 Å². The van der Waals surface area contributed by atoms with Crippen molar-refractivity contribution in [2.45, 2.75) is 57.7 Å². The fourth-order valence-corrected chi connectivity index (χ4v) is 4.17. The van der Waals surface area contributed by atoms with E-state index in [4.69, 9.17) is 30.5 Å². The van der Waals surface area contributed by atoms with Crippen molar-refractivity contribution in [1.29, 1.82) is 0 Å². The Morgan fingerprint density at radius 3 is 2.26 bits per heavy atom. The standard InChI is InChI=1S/C25H29ClO8/c1-4-31-19-8-5-16(6-9-19)11-18-12-17(7-10-20(18)26)23-25(33-15(3)29)24(32-14(2)28)22(30)21(13-27)34-23/h5-10,12,21-25,27,30H,4,11,13H2,1-3H3/t21-,22-,23+,24+,25+/m1/s1. The zero-order valence-corrected chi connectivity index (χ0v) is 20.0. The number of ether oxygens (including phenoxy) is 4. The number of hydrogen-bond donors (Lipinski definition) is 2. The van der Waals surface area contributed by atoms with Crippen molar-refractivity contribution in [1.82, 2.24) is 0 Å². The van der Waals surface area contributed by atoms with E-state index in [0.717, 1.165) is 16.9 Å². The Labute approximate surface area is 203 Å². The van der Waals surface area contributed by atoms with Crippen molar-refractivity contribution in [3.05, 3.63) is 64.2 Å². The van der Waals surface area contributed by atoms with E-state index < -0.39 is 49.1 Å². The van der Waals surface area contributed by atoms with Gasteiger partial charge in [-0.25, -0.2) is 0 Å². The van der Waals surface area contributed by atoms with Gasteiger partial charge in [-0.2, -0.15) is 0 Å². The molecule has 2 aromatic rings. The molecule has 0 aromatic heterocycles. The first-order valence-corrected chi connectivity index (χ1v) is 11.4. The fraction of sp³-hybridized carbons (Fsp3) is 0.440. The molecule has 1 aliphatic rings. The van der Waals surface area contributed by atoms with Gasteiger partial charge in [-0.05, 0) is 48.2 Å². The van der Waals surface area contributed by atoms with Crippen LogP contribution in [-0.4, -0.2) is 59.8 Å². The highest BCUT2D eigenvalue weighted by atomic mass is 35.5. The second-order valence-corrected chi connectivity index (χ2v) is 8.43. The number of carbonyl (C=O) groups is 2. The minimum Gasteiger partial charge on any atom is -0.494 e. The Hall–Kier alpha value is -2.65. The lowest BCUT2D eigenvalue weighted by Gasteiger charge is -2.43. The summed E-state index contributed by atoms with van der Waals surface area (Å²) < 4.78 is 22.1. The fourth-order valence-electron chi connectivity index (χ4n) is 3.99. The third kappa shape index (κ3) is 6.27. The summed E-state index contributed by atoms with van der Waals surface area (Å²) in [7, 11) is 0. The number of benzene rings is 2. The lowest BCUT2D eigenvalue weighted by molar-refractivity contribution is -0.247. The first kappa shape index (κ1) is 26.0. The van der Waals surface area contributed by atoms with Crippen molar-refractivity contribution in [3.8, 4) is 5.75 Å². The molecule has 2 aromatic carbocycles. The summed E-state index contributed by atoms with van der Waals surface area (Å²) in [5, 5.41) is 20.9. The molecule has 0 aliphatic carbocycles. The molecule has 1 fully saturated rings. The third-order valence-corrected chi connectivity index (χ3v) is 5.84. The van der Waals surface area contributed by atoms with E-state index >= 15 is 0 Å². The van der Waals surface area contributed by atoms with Crippen LogP contribution in [-0.2, 0) is 30.2 Å². The Bertz CT molecular complexity index is 993. The molecule has 8 nitrogen and oxygen atoms in total. The van der Waals surface area contributed by atoms with Crippen molar-refractivity contribution in [2.24, 2.45) is 0 Å². The maximum Gasteiger partial charge on any atom is 0.303 e. The van der Waals surface area contributed by atoms with Crippen LogP contribution in [0.4, 0.5) is 0 Å². The van der Waals surface area contributed by atoms with E-state index in [-0.39, 0.29) is 0 Å². The quantitative estimate of drug-likeness (QED) is 0.541. The van der Waals surface area contributed by atoms with E-state index in [0.29, 0.717) is 23.6 Å². The Morgan fingerprint density at radius 1 is 1.03 bits per heavy atom. The average Bonchev–Trinajstić information content (AvgIpc) is 2.79. The minimum absolute atomic E-state index is 0.517. The molecule has 2 N–H and O–H groups in total. The van der Waals surface area contributed by atoms with Gasteiger partial charge in [0.2, 0.25) is 0 Å². The maximum absolute atomic E-state index is 11.8. The number of aliphatic hydroxyl groups excluding tert-OH is 2. The van der Waals surface area contributed by atoms with Crippen molar-refractivity contribution < 1.29 is 38.7 Å². The monoisotopic (exact) mass is 492 g/mol. The van der Waals surface area contributed by atoms with Crippen molar-refractivity contribution in [2.75, 3.05) is 13.2 Å². The summed E-state index contributed by atoms with van der Waals surface area (Å²) in [6.45, 7) is 4.38. The summed E-state index contributed by atoms with van der Waals surface area (Å²) in [5.74, 6) is -0.518. The third-order valence-electron chi connectivity index (χ3n) is 5.47. The highest BCUT2D eigenvalue weighted by Gasteiger charge is 2.49. The second kappa shape index (κ2) is 11.7. The number of carbonyl (C=O) groups excluding carboxylic acids is 2. The Balaban J connectivity index is 1.94. The van der Waals surface area contributed by atoms with Crippen LogP contribution in [0.3, 0.4) is 0 Å². The molecule has 5 atom stereocenters. The highest BCUT2D eigenvalue weighted by molar-refractivity contribution is 6.31. The summed E-state index contributed by atoms with van der Waals surface area (Å²) >= 11 is 6.46. The predicted octanol–water partition coefficient (Wildman–Crippen LogP) is 2.99. The van der Waals surface area contributed by atoms with Gasteiger partial charge in [-0.1, -0.05) is 35.9 Å². The Morgan fingerprint density at radius 2 is 1.68 bits per heavy atom. The van der Waals surface area contributed by atoms with Gasteiger partial charge in [0.15, 0.2) is 12.2 Å². The van der Waals surface area contributed by atoms with Crippen molar-refractivity contribution >= 4 is 23.5 Å². The van der Waals surface area contributed by atoms with E-state index in [1.807, 2.05) is 37.3 Å². The average molecular weight is 493 g/mol. The largest absolute Gasteiger partial charge is 0.494 e. The number of rotatable bonds is 8. The van der Waals surface area contributed by atoms with Crippen LogP contribution in [0.25, 0.3) is 0 Å². The van der Waals surface area contributed by atoms with Gasteiger partial charge < -0.3 is 29.2 Å². The molecule has 0 spiro atoms. The molecule has 0 saturated carbocycles. The highest BCUT2D eigenvalue weighted by Crippen LogP contribution is 2.37. The molecule has 0 unspecified atom stereocenters. The van der Waals surface area contributed by atoms with Crippen LogP contribution in [0.5, 0.6) is 5.75 Å². The number of halogens is 1. The molecule has 3 rings (SSSR count). The van der Waals surface area contributed by atoms with E-state index in [9.17, 15) is 19.8 Å². The summed E-state index contributed by atoms with van der Waals surface area (Å²) in [6.07, 6.45) is -5.17. The number of hydrogen-bond acceptors (Lipinski definition) is 8. The normalized spacial score (nSPS) is 24.4. The molecule has 0 amide bonds. The molecule has 0 bridgehead atoms. The molecule has 34 heavy (non-hydrogen) atoms. The van der Waals surface area contributed by atoms with Crippen LogP contribution in [0.2, 0.25) is 5.02 Å². The predicted molar refractivity (Wildman–Crippen MR) is 124 cm³/mol. The van der Waals surface area contributed by atoms with E-state index in [2.05, 4.69) is 0 Å². The van der Waals surface area contributed by atoms with E-state index in [1.165, 1.54) is 13.8 Å². The van der Waals surface area contributed by atoms with Gasteiger partial charge in [0.25, 0.3) is 0 Å². The topological polar surface area (TPSA) is 112 Å². The van der Waals surface area contributed by atoms with Gasteiger partial charge in [-0.15, -0.1) is 0 Å². The van der Waals surface area contributed by atoms with Gasteiger partial charge in [0.1, 0.15) is 24.1 Å². The molecule has 184 valence electrons. The lowest BCUT2D eigenvalue weighted by Crippen LogP contribution is -2.58. The molecule has 9 heteroatoms. The van der Waals surface area contributed by atoms with Crippen LogP contribution < -0.4 is 4.74 Å². The van der Waals surface area contributed by atoms with Gasteiger partial charge in [0, 0.05) is 18.9 Å². The molecule has 1 aliphatic heterocycles. The zero-order valence-electron chi connectivity index (χ0n) is 19.3. The first-order chi connectivity index (χ1) is 16.2. The van der Waals surface area contributed by atoms with Gasteiger partial charge in [-0.3, -0.25) is 9.59 Å². The number of esters is 2. The molecule has 1 saturated heterocycles. The van der Waals surface area contributed by atoms with Crippen LogP contribution in [0.1, 0.15) is 43.6 Å². The smallest absolute Gasteiger partial charge is 0.303 e. The molecular weight excluding hydrogens is 464 g/mol. The zero-order chi connectivity index (χ0) is 24.8. The first-order valence-electron chi connectivity index (χ1n) is 11.0. The van der Waals surface area contributed by atoms with Gasteiger partial charge in [0.05, 0.1) is 13.2 Å². The van der Waals surface area contributed by atoms with Crippen LogP contribution in [0, 0.1) is 0 Å². The SMILES string of the molecule is CCOc1ccc(Cc2cc([C@@H]3O[C@H](CO)[C@@H](O)[C@H](OC(C)=O)[C@H]3OC(C)=O)ccc2Cl)cc1. The minimum atomic E-state index is -1.38. The molecular formula is C25H29ClO8. The maximum atomic E-state index is 11.8. The second-order valence-electron chi connectivity index (χ2n) is 8.02. The molecule has 0 radical (unpaired) electrons. The lowest BCUT2D eigenvalue weighted by atomic mass is 9.89. The number of aliphatic hydroxyl groups is 2. The summed E-state index contributed by atoms with van der Waals surface area (Å²) in [4.78, 5) is 23.5. The van der Waals surface area contributed by atoms with Crippen molar-refractivity contribution in [3.63, 3.8) is 0 Å². The van der Waals surface area contributed by atoms with Crippen LogP contribution >= 0.6 is 11.6 Å². The van der Waals surface area contributed by atoms with E-state index in [1.54, 1.807) is 12.1 Å². The summed E-state index contributed by atoms with van der Waals surface area (Å²) in [5.41, 5.74) is 2.40.